The average Bonchev–Trinajstić information content (AvgIpc) is 3.02. The first-order chi connectivity index (χ1) is 13.8. The predicted octanol–water partition coefficient (Wildman–Crippen LogP) is 4.84. The van der Waals surface area contributed by atoms with Gasteiger partial charge in [0.2, 0.25) is 0 Å². The molecule has 1 atom stereocenters. The normalized spacial score (nSPS) is 15.8. The van der Waals surface area contributed by atoms with E-state index in [9.17, 15) is 13.2 Å². The highest BCUT2D eigenvalue weighted by Gasteiger charge is 2.32. The lowest BCUT2D eigenvalue weighted by atomic mass is 10.1. The third kappa shape index (κ3) is 3.93. The van der Waals surface area contributed by atoms with Gasteiger partial charge in [-0.3, -0.25) is 9.52 Å². The van der Waals surface area contributed by atoms with E-state index < -0.39 is 10.0 Å². The fraction of sp³-hybridized carbons (Fsp3) is 0.136. The molecule has 5 nitrogen and oxygen atoms in total. The molecule has 0 saturated heterocycles. The van der Waals surface area contributed by atoms with Gasteiger partial charge >= 0.3 is 0 Å². The molecule has 1 N–H and O–H groups in total. The van der Waals surface area contributed by atoms with Crippen molar-refractivity contribution in [3.63, 3.8) is 0 Å². The molecule has 3 aromatic carbocycles. The second-order valence-electron chi connectivity index (χ2n) is 7.00. The number of rotatable bonds is 4. The molecule has 0 radical (unpaired) electrons. The van der Waals surface area contributed by atoms with Crippen LogP contribution in [0.25, 0.3) is 0 Å². The van der Waals surface area contributed by atoms with Gasteiger partial charge in [0.15, 0.2) is 0 Å². The minimum absolute atomic E-state index is 0.0475. The molecular weight excluding hydrogens is 452 g/mol. The largest absolute Gasteiger partial charge is 0.305 e. The first-order valence-corrected chi connectivity index (χ1v) is 11.4. The molecule has 148 valence electrons. The summed E-state index contributed by atoms with van der Waals surface area (Å²) in [5, 5.41) is 0. The zero-order valence-electron chi connectivity index (χ0n) is 15.7. The molecule has 1 aliphatic heterocycles. The first-order valence-electron chi connectivity index (χ1n) is 9.15. The van der Waals surface area contributed by atoms with E-state index in [0.29, 0.717) is 17.7 Å². The maximum atomic E-state index is 13.0. The van der Waals surface area contributed by atoms with Crippen molar-refractivity contribution in [2.45, 2.75) is 24.3 Å². The van der Waals surface area contributed by atoms with Crippen molar-refractivity contribution in [3.8, 4) is 0 Å². The number of carbonyl (C=O) groups is 1. The molecule has 0 aromatic heterocycles. The summed E-state index contributed by atoms with van der Waals surface area (Å²) in [7, 11) is -3.73. The zero-order chi connectivity index (χ0) is 20.6. The van der Waals surface area contributed by atoms with E-state index in [4.69, 9.17) is 0 Å². The quantitative estimate of drug-likeness (QED) is 0.592. The lowest BCUT2D eigenvalue weighted by Crippen LogP contribution is -2.35. The predicted molar refractivity (Wildman–Crippen MR) is 118 cm³/mol. The maximum Gasteiger partial charge on any atom is 0.261 e. The number of anilines is 2. The SMILES string of the molecule is C[C@@H]1Cc2cc(S(=O)(=O)Nc3cccc(Br)c3)ccc2N1C(=O)c1ccccc1. The summed E-state index contributed by atoms with van der Waals surface area (Å²) in [4.78, 5) is 14.9. The van der Waals surface area contributed by atoms with Crippen LogP contribution in [0.15, 0.2) is 82.2 Å². The van der Waals surface area contributed by atoms with Gasteiger partial charge in [0, 0.05) is 27.5 Å². The maximum absolute atomic E-state index is 13.0. The Balaban J connectivity index is 1.64. The van der Waals surface area contributed by atoms with E-state index >= 15 is 0 Å². The van der Waals surface area contributed by atoms with Crippen LogP contribution in [-0.2, 0) is 16.4 Å². The molecule has 0 spiro atoms. The van der Waals surface area contributed by atoms with Gasteiger partial charge in [-0.25, -0.2) is 8.42 Å². The summed E-state index contributed by atoms with van der Waals surface area (Å²) in [6.45, 7) is 1.97. The Labute approximate surface area is 178 Å². The van der Waals surface area contributed by atoms with Gasteiger partial charge in [-0.1, -0.05) is 40.2 Å². The highest BCUT2D eigenvalue weighted by Crippen LogP contribution is 2.35. The molecule has 1 aliphatic rings. The summed E-state index contributed by atoms with van der Waals surface area (Å²) in [6, 6.07) is 21.0. The minimum Gasteiger partial charge on any atom is -0.305 e. The van der Waals surface area contributed by atoms with E-state index in [-0.39, 0.29) is 16.8 Å². The van der Waals surface area contributed by atoms with Crippen molar-refractivity contribution in [1.29, 1.82) is 0 Å². The van der Waals surface area contributed by atoms with Crippen molar-refractivity contribution in [2.24, 2.45) is 0 Å². The van der Waals surface area contributed by atoms with Crippen molar-refractivity contribution >= 4 is 43.2 Å². The molecule has 0 unspecified atom stereocenters. The number of halogens is 1. The third-order valence-corrected chi connectivity index (χ3v) is 6.77. The number of sulfonamides is 1. The first kappa shape index (κ1) is 19.7. The van der Waals surface area contributed by atoms with Crippen LogP contribution in [0, 0.1) is 0 Å². The molecule has 0 bridgehead atoms. The van der Waals surface area contributed by atoms with Crippen LogP contribution in [0.2, 0.25) is 0 Å². The molecule has 1 heterocycles. The van der Waals surface area contributed by atoms with Crippen LogP contribution in [0.5, 0.6) is 0 Å². The summed E-state index contributed by atoms with van der Waals surface area (Å²) in [6.07, 6.45) is 0.605. The smallest absolute Gasteiger partial charge is 0.261 e. The van der Waals surface area contributed by atoms with Gasteiger partial charge in [0.05, 0.1) is 4.90 Å². The fourth-order valence-corrected chi connectivity index (χ4v) is 5.07. The topological polar surface area (TPSA) is 66.5 Å². The van der Waals surface area contributed by atoms with Crippen molar-refractivity contribution in [3.05, 3.63) is 88.4 Å². The third-order valence-electron chi connectivity index (χ3n) is 4.89. The second-order valence-corrected chi connectivity index (χ2v) is 9.60. The number of hydrogen-bond donors (Lipinski definition) is 1. The molecular formula is C22H19BrN2O3S. The van der Waals surface area contributed by atoms with Crippen LogP contribution >= 0.6 is 15.9 Å². The molecule has 4 rings (SSSR count). The standard InChI is InChI=1S/C22H19BrN2O3S/c1-15-12-17-13-20(29(27,28)24-19-9-5-8-18(23)14-19)10-11-21(17)25(15)22(26)16-6-3-2-4-7-16/h2-11,13-15,24H,12H2,1H3/t15-/m1/s1. The molecule has 3 aromatic rings. The Kier molecular flexibility index (Phi) is 5.19. The number of carbonyl (C=O) groups excluding carboxylic acids is 1. The van der Waals surface area contributed by atoms with Gasteiger partial charge in [-0.05, 0) is 67.4 Å². The van der Waals surface area contributed by atoms with E-state index in [1.54, 1.807) is 53.4 Å². The fourth-order valence-electron chi connectivity index (χ4n) is 3.57. The molecule has 29 heavy (non-hydrogen) atoms. The molecule has 0 fully saturated rings. The number of fused-ring (bicyclic) bond motifs is 1. The van der Waals surface area contributed by atoms with Crippen molar-refractivity contribution in [2.75, 3.05) is 9.62 Å². The number of nitrogens with one attached hydrogen (secondary N) is 1. The van der Waals surface area contributed by atoms with Crippen molar-refractivity contribution in [1.82, 2.24) is 0 Å². The van der Waals surface area contributed by atoms with Gasteiger partial charge in [0.25, 0.3) is 15.9 Å². The molecule has 7 heteroatoms. The van der Waals surface area contributed by atoms with Gasteiger partial charge in [-0.2, -0.15) is 0 Å². The number of amides is 1. The van der Waals surface area contributed by atoms with E-state index in [2.05, 4.69) is 20.7 Å². The van der Waals surface area contributed by atoms with Crippen LogP contribution in [0.1, 0.15) is 22.8 Å². The minimum atomic E-state index is -3.73. The van der Waals surface area contributed by atoms with E-state index in [1.165, 1.54) is 0 Å². The van der Waals surface area contributed by atoms with Crippen LogP contribution in [0.3, 0.4) is 0 Å². The molecule has 1 amide bonds. The van der Waals surface area contributed by atoms with Gasteiger partial charge in [-0.15, -0.1) is 0 Å². The van der Waals surface area contributed by atoms with Crippen LogP contribution < -0.4 is 9.62 Å². The Bertz CT molecular complexity index is 1180. The molecule has 0 saturated carbocycles. The van der Waals surface area contributed by atoms with Crippen LogP contribution in [-0.4, -0.2) is 20.4 Å². The summed E-state index contributed by atoms with van der Waals surface area (Å²) < 4.78 is 29.0. The van der Waals surface area contributed by atoms with Crippen molar-refractivity contribution < 1.29 is 13.2 Å². The Morgan fingerprint density at radius 3 is 2.52 bits per heavy atom. The number of nitrogens with zero attached hydrogens (tertiary/aromatic N) is 1. The second kappa shape index (κ2) is 7.65. The number of benzene rings is 3. The summed E-state index contributed by atoms with van der Waals surface area (Å²) >= 11 is 3.34. The van der Waals surface area contributed by atoms with Gasteiger partial charge < -0.3 is 4.90 Å². The lowest BCUT2D eigenvalue weighted by Gasteiger charge is -2.23. The Hall–Kier alpha value is -2.64. The zero-order valence-corrected chi connectivity index (χ0v) is 18.1. The Morgan fingerprint density at radius 1 is 1.03 bits per heavy atom. The highest BCUT2D eigenvalue weighted by molar-refractivity contribution is 9.10. The summed E-state index contributed by atoms with van der Waals surface area (Å²) in [5.74, 6) is -0.0836. The summed E-state index contributed by atoms with van der Waals surface area (Å²) in [5.41, 5.74) is 2.70. The molecule has 0 aliphatic carbocycles. The number of hydrogen-bond acceptors (Lipinski definition) is 3. The monoisotopic (exact) mass is 470 g/mol. The highest BCUT2D eigenvalue weighted by atomic mass is 79.9. The van der Waals surface area contributed by atoms with Gasteiger partial charge in [0.1, 0.15) is 0 Å². The Morgan fingerprint density at radius 2 is 1.79 bits per heavy atom. The van der Waals surface area contributed by atoms with E-state index in [0.717, 1.165) is 15.7 Å². The lowest BCUT2D eigenvalue weighted by molar-refractivity contribution is 0.0981. The van der Waals surface area contributed by atoms with E-state index in [1.807, 2.05) is 31.2 Å². The van der Waals surface area contributed by atoms with Crippen LogP contribution in [0.4, 0.5) is 11.4 Å². The average molecular weight is 471 g/mol.